The molecule has 2 aromatic carbocycles. The van der Waals surface area contributed by atoms with Gasteiger partial charge in [-0.05, 0) is 18.2 Å². The number of benzene rings is 2. The Morgan fingerprint density at radius 3 is 2.36 bits per heavy atom. The molecule has 5 atom stereocenters. The molecule has 11 heteroatoms. The number of phenolic OH excluding ortho intramolecular Hbond substituents is 3. The van der Waals surface area contributed by atoms with E-state index in [0.717, 1.165) is 12.1 Å². The molecule has 176 valence electrons. The number of fused-ring (bicyclic) bond motifs is 1. The van der Waals surface area contributed by atoms with E-state index in [-0.39, 0.29) is 28.2 Å². The molecule has 0 radical (unpaired) electrons. The third kappa shape index (κ3) is 3.75. The van der Waals surface area contributed by atoms with E-state index in [2.05, 4.69) is 0 Å². The first kappa shape index (κ1) is 22.8. The summed E-state index contributed by atoms with van der Waals surface area (Å²) in [7, 11) is 1.35. The molecule has 7 N–H and O–H groups in total. The first-order valence-electron chi connectivity index (χ1n) is 9.88. The van der Waals surface area contributed by atoms with E-state index in [1.807, 2.05) is 0 Å². The van der Waals surface area contributed by atoms with Gasteiger partial charge in [0.2, 0.25) is 0 Å². The lowest BCUT2D eigenvalue weighted by Gasteiger charge is -2.40. The second-order valence-electron chi connectivity index (χ2n) is 7.64. The number of aromatic hydroxyl groups is 3. The maximum absolute atomic E-state index is 12.9. The van der Waals surface area contributed by atoms with E-state index in [9.17, 15) is 40.5 Å². The van der Waals surface area contributed by atoms with Crippen LogP contribution in [0, 0.1) is 0 Å². The molecule has 11 nitrogen and oxygen atoms in total. The minimum Gasteiger partial charge on any atom is -0.507 e. The Hall–Kier alpha value is -3.35. The third-order valence-electron chi connectivity index (χ3n) is 5.65. The molecule has 1 fully saturated rings. The summed E-state index contributed by atoms with van der Waals surface area (Å²) in [5.74, 6) is -1.29. The highest BCUT2D eigenvalue weighted by molar-refractivity contribution is 5.88. The molecular formula is C22H22O11. The molecule has 1 aliphatic rings. The van der Waals surface area contributed by atoms with E-state index >= 15 is 0 Å². The number of rotatable bonds is 4. The molecule has 0 saturated carbocycles. The predicted molar refractivity (Wildman–Crippen MR) is 112 cm³/mol. The summed E-state index contributed by atoms with van der Waals surface area (Å²) in [6.07, 6.45) is -8.02. The van der Waals surface area contributed by atoms with Crippen molar-refractivity contribution in [3.63, 3.8) is 0 Å². The number of hydrogen-bond acceptors (Lipinski definition) is 11. The van der Waals surface area contributed by atoms with Gasteiger partial charge in [0.15, 0.2) is 16.9 Å². The zero-order chi connectivity index (χ0) is 24.0. The van der Waals surface area contributed by atoms with Crippen LogP contribution in [0.25, 0.3) is 22.3 Å². The Morgan fingerprint density at radius 2 is 1.70 bits per heavy atom. The predicted octanol–water partition coefficient (Wildman–Crippen LogP) is 0.100. The molecule has 2 heterocycles. The molecule has 5 unspecified atom stereocenters. The standard InChI is InChI=1S/C22H22O11/c1-31-13-4-8(2-3-9(13)24)12-5-10(25)16-14(32-12)6-11(26)17(19(16)28)22-21(30)20(29)18(27)15(7-23)33-22/h2-6,15,18,20-24,26-30H,7H2,1H3. The minimum absolute atomic E-state index is 0.0604. The fraction of sp³-hybridized carbons (Fsp3) is 0.318. The van der Waals surface area contributed by atoms with E-state index in [4.69, 9.17) is 13.9 Å². The molecule has 33 heavy (non-hydrogen) atoms. The number of aliphatic hydroxyl groups excluding tert-OH is 4. The monoisotopic (exact) mass is 462 g/mol. The summed E-state index contributed by atoms with van der Waals surface area (Å²) in [6, 6.07) is 6.37. The molecule has 1 aromatic heterocycles. The van der Waals surface area contributed by atoms with Crippen LogP contribution in [0.3, 0.4) is 0 Å². The van der Waals surface area contributed by atoms with Gasteiger partial charge < -0.3 is 49.6 Å². The van der Waals surface area contributed by atoms with Crippen molar-refractivity contribution in [3.8, 4) is 34.3 Å². The SMILES string of the molecule is COc1cc(-c2cc(=O)c3c(O)c(C4OC(CO)C(O)C(O)C4O)c(O)cc3o2)ccc1O. The van der Waals surface area contributed by atoms with Crippen LogP contribution in [-0.2, 0) is 4.74 Å². The molecule has 1 saturated heterocycles. The van der Waals surface area contributed by atoms with Gasteiger partial charge in [-0.3, -0.25) is 4.79 Å². The van der Waals surface area contributed by atoms with Gasteiger partial charge in [0.25, 0.3) is 0 Å². The van der Waals surface area contributed by atoms with E-state index in [1.165, 1.54) is 25.3 Å². The summed E-state index contributed by atoms with van der Waals surface area (Å²) < 4.78 is 16.1. The highest BCUT2D eigenvalue weighted by Crippen LogP contribution is 2.44. The summed E-state index contributed by atoms with van der Waals surface area (Å²) in [5.41, 5.74) is -0.916. The van der Waals surface area contributed by atoms with Crippen molar-refractivity contribution in [1.82, 2.24) is 0 Å². The fourth-order valence-corrected chi connectivity index (χ4v) is 3.90. The molecule has 0 spiro atoms. The lowest BCUT2D eigenvalue weighted by Crippen LogP contribution is -2.55. The summed E-state index contributed by atoms with van der Waals surface area (Å²) >= 11 is 0. The average molecular weight is 462 g/mol. The Balaban J connectivity index is 1.85. The number of ether oxygens (including phenoxy) is 2. The summed E-state index contributed by atoms with van der Waals surface area (Å²) in [6.45, 7) is -0.710. The van der Waals surface area contributed by atoms with Crippen LogP contribution in [0.15, 0.2) is 39.5 Å². The molecule has 1 aliphatic heterocycles. The fourth-order valence-electron chi connectivity index (χ4n) is 3.90. The topological polar surface area (TPSA) is 190 Å². The van der Waals surface area contributed by atoms with Crippen molar-refractivity contribution in [2.75, 3.05) is 13.7 Å². The van der Waals surface area contributed by atoms with Crippen LogP contribution in [-0.4, -0.2) is 73.9 Å². The highest BCUT2D eigenvalue weighted by Gasteiger charge is 2.46. The second kappa shape index (κ2) is 8.54. The minimum atomic E-state index is -1.78. The van der Waals surface area contributed by atoms with Gasteiger partial charge >= 0.3 is 0 Å². The molecule has 3 aromatic rings. The first-order valence-corrected chi connectivity index (χ1v) is 9.88. The normalized spacial score (nSPS) is 25.3. The van der Waals surface area contributed by atoms with Crippen molar-refractivity contribution in [1.29, 1.82) is 0 Å². The van der Waals surface area contributed by atoms with Crippen LogP contribution in [0.2, 0.25) is 0 Å². The van der Waals surface area contributed by atoms with Crippen LogP contribution in [0.1, 0.15) is 11.7 Å². The lowest BCUT2D eigenvalue weighted by molar-refractivity contribution is -0.232. The Morgan fingerprint density at radius 1 is 0.970 bits per heavy atom. The van der Waals surface area contributed by atoms with Crippen molar-refractivity contribution in [2.24, 2.45) is 0 Å². The van der Waals surface area contributed by atoms with Gasteiger partial charge in [-0.1, -0.05) is 0 Å². The Bertz CT molecular complexity index is 1250. The lowest BCUT2D eigenvalue weighted by atomic mass is 9.89. The van der Waals surface area contributed by atoms with Crippen molar-refractivity contribution < 1.29 is 49.6 Å². The number of methoxy groups -OCH3 is 1. The summed E-state index contributed by atoms with van der Waals surface area (Å²) in [4.78, 5) is 12.9. The maximum Gasteiger partial charge on any atom is 0.197 e. The van der Waals surface area contributed by atoms with Gasteiger partial charge in [-0.2, -0.15) is 0 Å². The number of hydrogen-bond donors (Lipinski definition) is 7. The van der Waals surface area contributed by atoms with Crippen LogP contribution >= 0.6 is 0 Å². The average Bonchev–Trinajstić information content (AvgIpc) is 2.78. The van der Waals surface area contributed by atoms with Gasteiger partial charge in [0, 0.05) is 17.7 Å². The van der Waals surface area contributed by atoms with Gasteiger partial charge in [-0.25, -0.2) is 0 Å². The highest BCUT2D eigenvalue weighted by atomic mass is 16.5. The number of aliphatic hydroxyl groups is 4. The Kier molecular flexibility index (Phi) is 5.91. The van der Waals surface area contributed by atoms with Crippen LogP contribution in [0.4, 0.5) is 0 Å². The molecule has 0 amide bonds. The second-order valence-corrected chi connectivity index (χ2v) is 7.64. The van der Waals surface area contributed by atoms with E-state index in [1.54, 1.807) is 0 Å². The van der Waals surface area contributed by atoms with Crippen LogP contribution in [0.5, 0.6) is 23.0 Å². The quantitative estimate of drug-likeness (QED) is 0.278. The van der Waals surface area contributed by atoms with Crippen molar-refractivity contribution in [3.05, 3.63) is 46.1 Å². The van der Waals surface area contributed by atoms with Gasteiger partial charge in [0.05, 0.1) is 19.3 Å². The van der Waals surface area contributed by atoms with E-state index < -0.39 is 59.6 Å². The molecule has 0 aliphatic carbocycles. The zero-order valence-electron chi connectivity index (χ0n) is 17.2. The maximum atomic E-state index is 12.9. The van der Waals surface area contributed by atoms with Gasteiger partial charge in [-0.15, -0.1) is 0 Å². The van der Waals surface area contributed by atoms with Crippen molar-refractivity contribution >= 4 is 11.0 Å². The molecule has 0 bridgehead atoms. The summed E-state index contributed by atoms with van der Waals surface area (Å²) in [5, 5.41) is 70.6. The molecule has 4 rings (SSSR count). The smallest absolute Gasteiger partial charge is 0.197 e. The number of phenols is 3. The Labute approximate surface area is 185 Å². The van der Waals surface area contributed by atoms with Crippen LogP contribution < -0.4 is 10.2 Å². The first-order chi connectivity index (χ1) is 15.7. The zero-order valence-corrected chi connectivity index (χ0v) is 17.2. The van der Waals surface area contributed by atoms with Gasteiger partial charge in [0.1, 0.15) is 58.7 Å². The molecular weight excluding hydrogens is 440 g/mol. The van der Waals surface area contributed by atoms with Crippen molar-refractivity contribution in [2.45, 2.75) is 30.5 Å². The largest absolute Gasteiger partial charge is 0.507 e. The van der Waals surface area contributed by atoms with E-state index in [0.29, 0.717) is 5.56 Å². The third-order valence-corrected chi connectivity index (χ3v) is 5.65.